The van der Waals surface area contributed by atoms with Crippen LogP contribution in [0.2, 0.25) is 0 Å². The summed E-state index contributed by atoms with van der Waals surface area (Å²) in [6, 6.07) is 14.9. The summed E-state index contributed by atoms with van der Waals surface area (Å²) >= 11 is 1.71. The summed E-state index contributed by atoms with van der Waals surface area (Å²) in [5, 5.41) is 6.27. The highest BCUT2D eigenvalue weighted by molar-refractivity contribution is 7.21. The van der Waals surface area contributed by atoms with Crippen molar-refractivity contribution < 1.29 is 10.1 Å². The van der Waals surface area contributed by atoms with Crippen LogP contribution in [0.3, 0.4) is 0 Å². The summed E-state index contributed by atoms with van der Waals surface area (Å²) in [5.74, 6) is 1.50. The van der Waals surface area contributed by atoms with Crippen LogP contribution in [0, 0.1) is 18.8 Å². The zero-order valence-corrected chi connectivity index (χ0v) is 18.3. The fourth-order valence-electron chi connectivity index (χ4n) is 4.28. The molecule has 0 aliphatic heterocycles. The number of amides is 1. The molecule has 5 heteroatoms. The van der Waals surface area contributed by atoms with Crippen molar-refractivity contribution in [3.05, 3.63) is 48.0 Å². The summed E-state index contributed by atoms with van der Waals surface area (Å²) in [7, 11) is 0. The number of fused-ring (bicyclic) bond motifs is 1. The van der Waals surface area contributed by atoms with E-state index in [0.717, 1.165) is 27.7 Å². The third-order valence-electron chi connectivity index (χ3n) is 6.34. The maximum absolute atomic E-state index is 12.4. The Morgan fingerprint density at radius 2 is 1.97 bits per heavy atom. The third kappa shape index (κ3) is 4.68. The number of benzene rings is 2. The minimum Gasteiger partial charge on any atom is -0.336 e. The number of nitrogens with zero attached hydrogens (tertiary/aromatic N) is 1. The maximum atomic E-state index is 12.4. The van der Waals surface area contributed by atoms with Gasteiger partial charge in [0, 0.05) is 17.2 Å². The molecule has 3 N–H and O–H groups in total. The molecule has 1 aliphatic carbocycles. The van der Waals surface area contributed by atoms with E-state index in [1.807, 2.05) is 24.3 Å². The van der Waals surface area contributed by atoms with Gasteiger partial charge in [0.25, 0.3) is 5.91 Å². The number of carbonyl (C=O) groups excluding carboxylic acids is 1. The van der Waals surface area contributed by atoms with E-state index in [-0.39, 0.29) is 5.91 Å². The summed E-state index contributed by atoms with van der Waals surface area (Å²) in [6.45, 7) is 7.24. The molecular formula is C24H30N3OS+. The second kappa shape index (κ2) is 8.64. The molecule has 2 aromatic carbocycles. The van der Waals surface area contributed by atoms with Crippen LogP contribution in [0.4, 0.5) is 5.69 Å². The largest absolute Gasteiger partial charge is 0.336 e. The van der Waals surface area contributed by atoms with Gasteiger partial charge in [-0.1, -0.05) is 19.9 Å². The Morgan fingerprint density at radius 3 is 2.76 bits per heavy atom. The normalized spacial score (nSPS) is 22.0. The first kappa shape index (κ1) is 20.0. The van der Waals surface area contributed by atoms with Crippen LogP contribution in [0.1, 0.15) is 38.7 Å². The van der Waals surface area contributed by atoms with Gasteiger partial charge in [-0.15, -0.1) is 11.3 Å². The van der Waals surface area contributed by atoms with Gasteiger partial charge >= 0.3 is 0 Å². The van der Waals surface area contributed by atoms with Gasteiger partial charge < -0.3 is 10.6 Å². The number of carbonyl (C=O) groups is 1. The monoisotopic (exact) mass is 408 g/mol. The first-order chi connectivity index (χ1) is 14.0. The molecule has 4 nitrogen and oxygen atoms in total. The Kier molecular flexibility index (Phi) is 5.97. The number of hydrogen-bond donors (Lipinski definition) is 2. The van der Waals surface area contributed by atoms with Crippen molar-refractivity contribution in [1.82, 2.24) is 4.98 Å². The predicted octanol–water partition coefficient (Wildman–Crippen LogP) is 4.60. The summed E-state index contributed by atoms with van der Waals surface area (Å²) < 4.78 is 1.21. The van der Waals surface area contributed by atoms with E-state index in [2.05, 4.69) is 49.6 Å². The smallest absolute Gasteiger partial charge is 0.279 e. The van der Waals surface area contributed by atoms with E-state index < -0.39 is 0 Å². The molecular weight excluding hydrogens is 378 g/mol. The number of quaternary nitrogens is 1. The van der Waals surface area contributed by atoms with Crippen molar-refractivity contribution in [1.29, 1.82) is 0 Å². The minimum atomic E-state index is 0.0682. The molecule has 0 bridgehead atoms. The lowest BCUT2D eigenvalue weighted by Crippen LogP contribution is -2.93. The van der Waals surface area contributed by atoms with Crippen LogP contribution in [0.5, 0.6) is 0 Å². The topological polar surface area (TPSA) is 58.6 Å². The minimum absolute atomic E-state index is 0.0682. The first-order valence-electron chi connectivity index (χ1n) is 10.6. The van der Waals surface area contributed by atoms with Gasteiger partial charge in [-0.25, -0.2) is 4.98 Å². The average Bonchev–Trinajstić information content (AvgIpc) is 3.13. The molecule has 29 heavy (non-hydrogen) atoms. The van der Waals surface area contributed by atoms with Crippen LogP contribution >= 0.6 is 11.3 Å². The van der Waals surface area contributed by atoms with Gasteiger partial charge in [0.15, 0.2) is 6.54 Å². The SMILES string of the molecule is Cc1ccc2nc(-c3ccc(NC(=O)C[NH2+][C@@H]4CCC[C@@H](C)[C@H]4C)cc3)sc2c1. The van der Waals surface area contributed by atoms with Gasteiger partial charge in [0.1, 0.15) is 5.01 Å². The van der Waals surface area contributed by atoms with E-state index in [4.69, 9.17) is 4.98 Å². The number of nitrogens with one attached hydrogen (secondary N) is 1. The lowest BCUT2D eigenvalue weighted by molar-refractivity contribution is -0.688. The van der Waals surface area contributed by atoms with Crippen molar-refractivity contribution >= 4 is 33.1 Å². The van der Waals surface area contributed by atoms with Crippen molar-refractivity contribution in [2.45, 2.75) is 46.1 Å². The number of thiazole rings is 1. The Hall–Kier alpha value is -2.24. The Bertz CT molecular complexity index is 995. The van der Waals surface area contributed by atoms with Crippen LogP contribution in [-0.4, -0.2) is 23.5 Å². The van der Waals surface area contributed by atoms with Crippen molar-refractivity contribution in [2.24, 2.45) is 11.8 Å². The van der Waals surface area contributed by atoms with Crippen molar-refractivity contribution in [3.8, 4) is 10.6 Å². The van der Waals surface area contributed by atoms with Gasteiger partial charge in [0.2, 0.25) is 0 Å². The molecule has 0 saturated heterocycles. The average molecular weight is 409 g/mol. The highest BCUT2D eigenvalue weighted by Gasteiger charge is 2.29. The fraction of sp³-hybridized carbons (Fsp3) is 0.417. The quantitative estimate of drug-likeness (QED) is 0.648. The van der Waals surface area contributed by atoms with Crippen molar-refractivity contribution in [2.75, 3.05) is 11.9 Å². The molecule has 0 spiro atoms. The number of hydrogen-bond acceptors (Lipinski definition) is 3. The molecule has 4 rings (SSSR count). The van der Waals surface area contributed by atoms with Gasteiger partial charge in [0.05, 0.1) is 16.3 Å². The third-order valence-corrected chi connectivity index (χ3v) is 7.40. The molecule has 1 saturated carbocycles. The van der Waals surface area contributed by atoms with Crippen LogP contribution < -0.4 is 10.6 Å². The van der Waals surface area contributed by atoms with Gasteiger partial charge in [-0.05, 0) is 74.1 Å². The second-order valence-electron chi connectivity index (χ2n) is 8.49. The fourth-order valence-corrected chi connectivity index (χ4v) is 5.35. The predicted molar refractivity (Wildman–Crippen MR) is 121 cm³/mol. The summed E-state index contributed by atoms with van der Waals surface area (Å²) in [6.07, 6.45) is 3.81. The van der Waals surface area contributed by atoms with Crippen LogP contribution in [0.15, 0.2) is 42.5 Å². The molecule has 3 aromatic rings. The van der Waals surface area contributed by atoms with E-state index in [9.17, 15) is 4.79 Å². The molecule has 1 aromatic heterocycles. The maximum Gasteiger partial charge on any atom is 0.279 e. The number of anilines is 1. The molecule has 1 fully saturated rings. The number of rotatable bonds is 5. The molecule has 1 heterocycles. The Morgan fingerprint density at radius 1 is 1.17 bits per heavy atom. The Labute approximate surface area is 176 Å². The van der Waals surface area contributed by atoms with Crippen LogP contribution in [-0.2, 0) is 4.79 Å². The zero-order valence-electron chi connectivity index (χ0n) is 17.4. The molecule has 152 valence electrons. The van der Waals surface area contributed by atoms with E-state index >= 15 is 0 Å². The number of aryl methyl sites for hydroxylation is 1. The lowest BCUT2D eigenvalue weighted by atomic mass is 9.78. The number of nitrogens with two attached hydrogens (primary N) is 1. The van der Waals surface area contributed by atoms with E-state index in [1.54, 1.807) is 11.3 Å². The standard InChI is InChI=1S/C24H29N3OS/c1-15-7-12-21-22(13-15)29-24(27-21)18-8-10-19(11-9-18)26-23(28)14-25-20-6-4-5-16(2)17(20)3/h7-13,16-17,20,25H,4-6,14H2,1-3H3,(H,26,28)/p+1/t16-,17-,20-/m1/s1. The van der Waals surface area contributed by atoms with E-state index in [0.29, 0.717) is 18.5 Å². The lowest BCUT2D eigenvalue weighted by Gasteiger charge is -2.31. The van der Waals surface area contributed by atoms with Crippen molar-refractivity contribution in [3.63, 3.8) is 0 Å². The second-order valence-corrected chi connectivity index (χ2v) is 9.52. The molecule has 3 atom stereocenters. The van der Waals surface area contributed by atoms with E-state index in [1.165, 1.54) is 29.5 Å². The molecule has 0 unspecified atom stereocenters. The number of aromatic nitrogens is 1. The first-order valence-corrected chi connectivity index (χ1v) is 11.4. The molecule has 0 radical (unpaired) electrons. The van der Waals surface area contributed by atoms with Crippen LogP contribution in [0.25, 0.3) is 20.8 Å². The molecule has 1 amide bonds. The zero-order chi connectivity index (χ0) is 20.4. The highest BCUT2D eigenvalue weighted by Crippen LogP contribution is 2.31. The van der Waals surface area contributed by atoms with Gasteiger partial charge in [-0.3, -0.25) is 4.79 Å². The Balaban J connectivity index is 1.35. The summed E-state index contributed by atoms with van der Waals surface area (Å²) in [5.41, 5.74) is 4.21. The summed E-state index contributed by atoms with van der Waals surface area (Å²) in [4.78, 5) is 17.1. The molecule has 1 aliphatic rings. The highest BCUT2D eigenvalue weighted by atomic mass is 32.1. The van der Waals surface area contributed by atoms with Gasteiger partial charge in [-0.2, -0.15) is 0 Å².